The molecular formula is C20H20O2. The summed E-state index contributed by atoms with van der Waals surface area (Å²) in [7, 11) is 0. The van der Waals surface area contributed by atoms with Gasteiger partial charge < -0.3 is 5.11 Å². The number of benzene rings is 2. The van der Waals surface area contributed by atoms with Gasteiger partial charge in [-0.05, 0) is 41.7 Å². The second-order valence-corrected chi connectivity index (χ2v) is 5.29. The molecule has 0 unspecified atom stereocenters. The molecule has 0 saturated heterocycles. The van der Waals surface area contributed by atoms with Crippen LogP contribution in [0.3, 0.4) is 0 Å². The van der Waals surface area contributed by atoms with Crippen molar-refractivity contribution in [1.29, 1.82) is 0 Å². The quantitative estimate of drug-likeness (QED) is 0.649. The predicted molar refractivity (Wildman–Crippen MR) is 89.6 cm³/mol. The average Bonchev–Trinajstić information content (AvgIpc) is 2.54. The van der Waals surface area contributed by atoms with Crippen LogP contribution in [-0.4, -0.2) is 11.1 Å². The van der Waals surface area contributed by atoms with Crippen molar-refractivity contribution in [1.82, 2.24) is 0 Å². The molecule has 0 radical (unpaired) electrons. The lowest BCUT2D eigenvalue weighted by atomic mass is 10.0. The predicted octanol–water partition coefficient (Wildman–Crippen LogP) is 4.52. The van der Waals surface area contributed by atoms with E-state index in [2.05, 4.69) is 43.0 Å². The summed E-state index contributed by atoms with van der Waals surface area (Å²) in [4.78, 5) is 10.4. The van der Waals surface area contributed by atoms with E-state index in [4.69, 9.17) is 5.11 Å². The number of carboxylic acid groups (broad SMARTS) is 1. The van der Waals surface area contributed by atoms with E-state index in [1.807, 2.05) is 24.3 Å². The van der Waals surface area contributed by atoms with Crippen LogP contribution in [0.2, 0.25) is 0 Å². The first kappa shape index (κ1) is 15.9. The molecule has 22 heavy (non-hydrogen) atoms. The van der Waals surface area contributed by atoms with E-state index in [1.165, 1.54) is 24.8 Å². The molecule has 0 aliphatic carbocycles. The van der Waals surface area contributed by atoms with E-state index in [9.17, 15) is 4.79 Å². The third-order valence-electron chi connectivity index (χ3n) is 3.55. The second-order valence-electron chi connectivity index (χ2n) is 5.29. The average molecular weight is 292 g/mol. The van der Waals surface area contributed by atoms with Gasteiger partial charge in [-0.3, -0.25) is 0 Å². The molecule has 0 amide bonds. The summed E-state index contributed by atoms with van der Waals surface area (Å²) >= 11 is 0. The molecule has 2 aromatic carbocycles. The number of hydrogen-bond acceptors (Lipinski definition) is 1. The first-order chi connectivity index (χ1) is 10.7. The van der Waals surface area contributed by atoms with Gasteiger partial charge in [0, 0.05) is 11.5 Å². The number of aryl methyl sites for hydroxylation is 1. The van der Waals surface area contributed by atoms with E-state index < -0.39 is 5.97 Å². The molecule has 0 aliphatic heterocycles. The Labute approximate surface area is 131 Å². The van der Waals surface area contributed by atoms with Crippen LogP contribution in [-0.2, 0) is 11.2 Å². The molecule has 2 rings (SSSR count). The summed E-state index contributed by atoms with van der Waals surface area (Å²) in [6, 6.07) is 16.3. The maximum absolute atomic E-state index is 10.4. The molecule has 0 spiro atoms. The van der Waals surface area contributed by atoms with Crippen LogP contribution in [0.15, 0.2) is 48.5 Å². The van der Waals surface area contributed by atoms with Gasteiger partial charge in [-0.25, -0.2) is 4.79 Å². The van der Waals surface area contributed by atoms with Gasteiger partial charge in [-0.15, -0.1) is 0 Å². The lowest BCUT2D eigenvalue weighted by molar-refractivity contribution is -0.130. The van der Waals surface area contributed by atoms with Gasteiger partial charge in [0.2, 0.25) is 0 Å². The van der Waals surface area contributed by atoms with E-state index in [0.29, 0.717) is 5.56 Å². The normalized spacial score (nSPS) is 9.86. The molecule has 0 heterocycles. The molecule has 0 bridgehead atoms. The van der Waals surface area contributed by atoms with Gasteiger partial charge >= 0.3 is 5.97 Å². The highest BCUT2D eigenvalue weighted by molar-refractivity contribution is 5.87. The molecule has 0 fully saturated rings. The molecule has 2 nitrogen and oxygen atoms in total. The molecular weight excluding hydrogens is 272 g/mol. The topological polar surface area (TPSA) is 37.3 Å². The Hall–Kier alpha value is -2.53. The van der Waals surface area contributed by atoms with Crippen molar-refractivity contribution >= 4 is 5.97 Å². The van der Waals surface area contributed by atoms with Crippen LogP contribution in [0.5, 0.6) is 0 Å². The van der Waals surface area contributed by atoms with E-state index in [1.54, 1.807) is 0 Å². The van der Waals surface area contributed by atoms with Crippen molar-refractivity contribution in [3.63, 3.8) is 0 Å². The van der Waals surface area contributed by atoms with E-state index >= 15 is 0 Å². The van der Waals surface area contributed by atoms with Gasteiger partial charge in [0.1, 0.15) is 0 Å². The van der Waals surface area contributed by atoms with E-state index in [0.717, 1.165) is 17.5 Å². The van der Waals surface area contributed by atoms with Crippen LogP contribution in [0, 0.1) is 11.8 Å². The minimum atomic E-state index is -1.11. The molecule has 0 saturated carbocycles. The minimum absolute atomic E-state index is 0.710. The van der Waals surface area contributed by atoms with Crippen molar-refractivity contribution < 1.29 is 9.90 Å². The number of hydrogen-bond donors (Lipinski definition) is 1. The second kappa shape index (κ2) is 8.05. The van der Waals surface area contributed by atoms with E-state index in [-0.39, 0.29) is 0 Å². The van der Waals surface area contributed by atoms with Crippen molar-refractivity contribution in [3.05, 3.63) is 59.7 Å². The summed E-state index contributed by atoms with van der Waals surface area (Å²) in [5.74, 6) is 3.62. The Balaban J connectivity index is 2.05. The zero-order valence-electron chi connectivity index (χ0n) is 12.8. The third-order valence-corrected chi connectivity index (χ3v) is 3.55. The van der Waals surface area contributed by atoms with Gasteiger partial charge in [0.05, 0.1) is 0 Å². The number of unbranched alkanes of at least 4 members (excludes halogenated alkanes) is 2. The lowest BCUT2D eigenvalue weighted by Gasteiger charge is -2.05. The SMILES string of the molecule is CCCCCc1ccc(-c2ccc(C#CC(=O)O)cc2)cc1. The van der Waals surface area contributed by atoms with Crippen molar-refractivity contribution in [2.75, 3.05) is 0 Å². The van der Waals surface area contributed by atoms with Gasteiger partial charge in [-0.2, -0.15) is 0 Å². The van der Waals surface area contributed by atoms with Crippen molar-refractivity contribution in [2.24, 2.45) is 0 Å². The third kappa shape index (κ3) is 4.79. The van der Waals surface area contributed by atoms with Crippen LogP contribution in [0.1, 0.15) is 37.3 Å². The highest BCUT2D eigenvalue weighted by Gasteiger charge is 1.99. The van der Waals surface area contributed by atoms with Crippen LogP contribution in [0.4, 0.5) is 0 Å². The van der Waals surface area contributed by atoms with Gasteiger partial charge in [0.15, 0.2) is 0 Å². The van der Waals surface area contributed by atoms with Gasteiger partial charge in [-0.1, -0.05) is 62.1 Å². The maximum Gasteiger partial charge on any atom is 0.382 e. The summed E-state index contributed by atoms with van der Waals surface area (Å²) in [5, 5.41) is 8.54. The summed E-state index contributed by atoms with van der Waals surface area (Å²) in [6.45, 7) is 2.22. The van der Waals surface area contributed by atoms with Crippen LogP contribution < -0.4 is 0 Å². The molecule has 1 N–H and O–H groups in total. The largest absolute Gasteiger partial charge is 0.472 e. The Morgan fingerprint density at radius 2 is 1.55 bits per heavy atom. The summed E-state index contributed by atoms with van der Waals surface area (Å²) in [5.41, 5.74) is 4.36. The highest BCUT2D eigenvalue weighted by atomic mass is 16.4. The van der Waals surface area contributed by atoms with Gasteiger partial charge in [0.25, 0.3) is 0 Å². The first-order valence-corrected chi connectivity index (χ1v) is 7.63. The van der Waals surface area contributed by atoms with Crippen LogP contribution in [0.25, 0.3) is 11.1 Å². The number of carbonyl (C=O) groups is 1. The number of aliphatic carboxylic acids is 1. The summed E-state index contributed by atoms with van der Waals surface area (Å²) in [6.07, 6.45) is 4.90. The molecule has 2 aromatic rings. The smallest absolute Gasteiger partial charge is 0.382 e. The Morgan fingerprint density at radius 3 is 2.09 bits per heavy atom. The van der Waals surface area contributed by atoms with Crippen LogP contribution >= 0.6 is 0 Å². The van der Waals surface area contributed by atoms with Crippen molar-refractivity contribution in [2.45, 2.75) is 32.6 Å². The fraction of sp³-hybridized carbons (Fsp3) is 0.250. The Kier molecular flexibility index (Phi) is 5.80. The lowest BCUT2D eigenvalue weighted by Crippen LogP contribution is -1.87. The molecule has 0 atom stereocenters. The number of carboxylic acids is 1. The summed E-state index contributed by atoms with van der Waals surface area (Å²) < 4.78 is 0. The van der Waals surface area contributed by atoms with Crippen molar-refractivity contribution in [3.8, 4) is 23.0 Å². The molecule has 2 heteroatoms. The fourth-order valence-corrected chi connectivity index (χ4v) is 2.31. The zero-order valence-corrected chi connectivity index (χ0v) is 12.8. The fourth-order valence-electron chi connectivity index (χ4n) is 2.31. The Morgan fingerprint density at radius 1 is 0.955 bits per heavy atom. The highest BCUT2D eigenvalue weighted by Crippen LogP contribution is 2.21. The zero-order chi connectivity index (χ0) is 15.8. The molecule has 112 valence electrons. The standard InChI is InChI=1S/C20H20O2/c1-2-3-4-5-16-6-11-18(12-7-16)19-13-8-17(9-14-19)10-15-20(21)22/h6-9,11-14H,2-5H2,1H3,(H,21,22). The maximum atomic E-state index is 10.4. The molecule has 0 aromatic heterocycles. The Bertz CT molecular complexity index is 670. The monoisotopic (exact) mass is 292 g/mol. The first-order valence-electron chi connectivity index (χ1n) is 7.63. The molecule has 0 aliphatic rings. The number of rotatable bonds is 5. The minimum Gasteiger partial charge on any atom is -0.472 e.